The van der Waals surface area contributed by atoms with Crippen molar-refractivity contribution in [2.24, 2.45) is 0 Å². The van der Waals surface area contributed by atoms with Gasteiger partial charge in [-0.25, -0.2) is 9.97 Å². The largest absolute Gasteiger partial charge is 0.392 e. The van der Waals surface area contributed by atoms with Crippen LogP contribution in [0.3, 0.4) is 0 Å². The Morgan fingerprint density at radius 1 is 1.11 bits per heavy atom. The molecule has 0 aliphatic carbocycles. The lowest BCUT2D eigenvalue weighted by atomic mass is 10.0. The molecule has 138 valence electrons. The minimum atomic E-state index is -0.0213. The summed E-state index contributed by atoms with van der Waals surface area (Å²) in [7, 11) is 0. The fourth-order valence-corrected chi connectivity index (χ4v) is 3.15. The first-order chi connectivity index (χ1) is 12.9. The lowest BCUT2D eigenvalue weighted by molar-refractivity contribution is 0.281. The molecule has 0 radical (unpaired) electrons. The van der Waals surface area contributed by atoms with E-state index in [9.17, 15) is 5.11 Å². The van der Waals surface area contributed by atoms with E-state index in [-0.39, 0.29) is 6.61 Å². The van der Waals surface area contributed by atoms with Gasteiger partial charge in [0.05, 0.1) is 23.0 Å². The summed E-state index contributed by atoms with van der Waals surface area (Å²) in [6, 6.07) is 10.9. The van der Waals surface area contributed by atoms with E-state index in [2.05, 4.69) is 21.9 Å². The molecule has 0 atom stereocenters. The molecule has 0 unspecified atom stereocenters. The molecule has 0 aliphatic heterocycles. The normalized spacial score (nSPS) is 10.7. The second-order valence-electron chi connectivity index (χ2n) is 6.24. The van der Waals surface area contributed by atoms with Gasteiger partial charge in [0.2, 0.25) is 0 Å². The third kappa shape index (κ3) is 4.30. The van der Waals surface area contributed by atoms with Crippen LogP contribution >= 0.6 is 23.2 Å². The van der Waals surface area contributed by atoms with Crippen molar-refractivity contribution in [2.45, 2.75) is 20.5 Å². The molecule has 0 saturated carbocycles. The Morgan fingerprint density at radius 2 is 1.89 bits per heavy atom. The van der Waals surface area contributed by atoms with Gasteiger partial charge in [-0.05, 0) is 60.9 Å². The molecule has 0 bridgehead atoms. The van der Waals surface area contributed by atoms with Crippen molar-refractivity contribution in [2.75, 3.05) is 5.32 Å². The Morgan fingerprint density at radius 3 is 2.63 bits per heavy atom. The number of aryl methyl sites for hydroxylation is 2. The van der Waals surface area contributed by atoms with Crippen LogP contribution in [0.4, 0.5) is 5.69 Å². The molecule has 3 aromatic rings. The molecular weight excluding hydrogens is 381 g/mol. The van der Waals surface area contributed by atoms with E-state index in [0.29, 0.717) is 27.3 Å². The molecule has 1 aromatic heterocycles. The zero-order valence-electron chi connectivity index (χ0n) is 15.1. The first kappa shape index (κ1) is 19.4. The minimum Gasteiger partial charge on any atom is -0.392 e. The van der Waals surface area contributed by atoms with Crippen molar-refractivity contribution in [1.29, 1.82) is 0 Å². The molecule has 2 N–H and O–H groups in total. The van der Waals surface area contributed by atoms with Crippen LogP contribution in [0.15, 0.2) is 49.2 Å². The predicted molar refractivity (Wildman–Crippen MR) is 112 cm³/mol. The maximum Gasteiger partial charge on any atom is 0.175 e. The van der Waals surface area contributed by atoms with Crippen LogP contribution in [-0.2, 0) is 6.61 Å². The molecule has 0 aliphatic rings. The number of nitrogens with zero attached hydrogens (tertiary/aromatic N) is 2. The number of aliphatic hydroxyl groups excluding tert-OH is 1. The second kappa shape index (κ2) is 8.09. The molecule has 4 nitrogen and oxygen atoms in total. The molecule has 0 amide bonds. The Bertz CT molecular complexity index is 1020. The summed E-state index contributed by atoms with van der Waals surface area (Å²) in [5, 5.41) is 13.9. The standard InChI is InChI=1S/C21H19Cl2N3O/c1-12-8-13(2)20(9-15(12)11-27)25-14(3)21-24-7-6-19(26-21)17-10-16(22)4-5-18(17)23/h4-10,25,27H,3,11H2,1-2H3. The molecule has 27 heavy (non-hydrogen) atoms. The van der Waals surface area contributed by atoms with Gasteiger partial charge in [0, 0.05) is 22.5 Å². The maximum absolute atomic E-state index is 9.50. The van der Waals surface area contributed by atoms with Gasteiger partial charge >= 0.3 is 0 Å². The van der Waals surface area contributed by atoms with Crippen LogP contribution < -0.4 is 5.32 Å². The Labute approximate surface area is 168 Å². The minimum absolute atomic E-state index is 0.0213. The van der Waals surface area contributed by atoms with Gasteiger partial charge in [-0.3, -0.25) is 0 Å². The van der Waals surface area contributed by atoms with E-state index in [1.807, 2.05) is 26.0 Å². The fraction of sp³-hybridized carbons (Fsp3) is 0.143. The van der Waals surface area contributed by atoms with Crippen molar-refractivity contribution in [1.82, 2.24) is 9.97 Å². The highest BCUT2D eigenvalue weighted by atomic mass is 35.5. The Kier molecular flexibility index (Phi) is 5.80. The van der Waals surface area contributed by atoms with E-state index in [4.69, 9.17) is 23.2 Å². The van der Waals surface area contributed by atoms with E-state index in [0.717, 1.165) is 27.9 Å². The van der Waals surface area contributed by atoms with Gasteiger partial charge in [0.25, 0.3) is 0 Å². The zero-order valence-corrected chi connectivity index (χ0v) is 16.6. The predicted octanol–water partition coefficient (Wildman–Crippen LogP) is 5.64. The second-order valence-corrected chi connectivity index (χ2v) is 7.09. The molecule has 6 heteroatoms. The molecule has 0 fully saturated rings. The van der Waals surface area contributed by atoms with E-state index in [1.165, 1.54) is 0 Å². The Balaban J connectivity index is 1.92. The monoisotopic (exact) mass is 399 g/mol. The number of halogens is 2. The van der Waals surface area contributed by atoms with Crippen molar-refractivity contribution < 1.29 is 5.11 Å². The summed E-state index contributed by atoms with van der Waals surface area (Å²) in [6.45, 7) is 8.00. The first-order valence-electron chi connectivity index (χ1n) is 8.35. The number of aliphatic hydroxyl groups is 1. The van der Waals surface area contributed by atoms with Crippen LogP contribution in [-0.4, -0.2) is 15.1 Å². The molecule has 0 saturated heterocycles. The van der Waals surface area contributed by atoms with Crippen molar-refractivity contribution in [3.8, 4) is 11.3 Å². The summed E-state index contributed by atoms with van der Waals surface area (Å²) in [4.78, 5) is 8.87. The summed E-state index contributed by atoms with van der Waals surface area (Å²) in [5.74, 6) is 0.453. The van der Waals surface area contributed by atoms with Gasteiger partial charge in [-0.15, -0.1) is 0 Å². The highest BCUT2D eigenvalue weighted by Crippen LogP contribution is 2.30. The zero-order chi connectivity index (χ0) is 19.6. The van der Waals surface area contributed by atoms with E-state index in [1.54, 1.807) is 30.5 Å². The highest BCUT2D eigenvalue weighted by molar-refractivity contribution is 6.35. The Hall–Kier alpha value is -2.40. The molecule has 3 rings (SSSR count). The van der Waals surface area contributed by atoms with Crippen LogP contribution in [0.25, 0.3) is 17.0 Å². The van der Waals surface area contributed by atoms with Crippen molar-refractivity contribution >= 4 is 34.6 Å². The van der Waals surface area contributed by atoms with Crippen molar-refractivity contribution in [3.05, 3.63) is 81.7 Å². The highest BCUT2D eigenvalue weighted by Gasteiger charge is 2.11. The number of anilines is 1. The average molecular weight is 400 g/mol. The smallest absolute Gasteiger partial charge is 0.175 e. The van der Waals surface area contributed by atoms with Crippen LogP contribution in [0.5, 0.6) is 0 Å². The van der Waals surface area contributed by atoms with Gasteiger partial charge in [-0.2, -0.15) is 0 Å². The number of hydrogen-bond acceptors (Lipinski definition) is 4. The van der Waals surface area contributed by atoms with E-state index >= 15 is 0 Å². The average Bonchev–Trinajstić information content (AvgIpc) is 2.66. The van der Waals surface area contributed by atoms with Crippen LogP contribution in [0.2, 0.25) is 10.0 Å². The maximum atomic E-state index is 9.50. The van der Waals surface area contributed by atoms with Gasteiger partial charge in [0.15, 0.2) is 5.82 Å². The molecular formula is C21H19Cl2N3O. The quantitative estimate of drug-likeness (QED) is 0.582. The van der Waals surface area contributed by atoms with Gasteiger partial charge in [0.1, 0.15) is 0 Å². The summed E-state index contributed by atoms with van der Waals surface area (Å²) in [5.41, 5.74) is 5.73. The molecule has 2 aromatic carbocycles. The third-order valence-corrected chi connectivity index (χ3v) is 4.83. The number of hydrogen-bond donors (Lipinski definition) is 2. The number of rotatable bonds is 5. The topological polar surface area (TPSA) is 58.0 Å². The van der Waals surface area contributed by atoms with Gasteiger partial charge < -0.3 is 10.4 Å². The fourth-order valence-electron chi connectivity index (χ4n) is 2.77. The molecule has 1 heterocycles. The summed E-state index contributed by atoms with van der Waals surface area (Å²) >= 11 is 12.4. The third-order valence-electron chi connectivity index (χ3n) is 4.27. The number of nitrogens with one attached hydrogen (secondary N) is 1. The number of benzene rings is 2. The van der Waals surface area contributed by atoms with Crippen LogP contribution in [0.1, 0.15) is 22.5 Å². The summed E-state index contributed by atoms with van der Waals surface area (Å²) in [6.07, 6.45) is 1.66. The van der Waals surface area contributed by atoms with Crippen LogP contribution in [0, 0.1) is 13.8 Å². The SMILES string of the molecule is C=C(Nc1cc(CO)c(C)cc1C)c1nccc(-c2cc(Cl)ccc2Cl)n1. The molecule has 0 spiro atoms. The van der Waals surface area contributed by atoms with E-state index < -0.39 is 0 Å². The lowest BCUT2D eigenvalue weighted by Gasteiger charge is -2.15. The number of aromatic nitrogens is 2. The first-order valence-corrected chi connectivity index (χ1v) is 9.10. The van der Waals surface area contributed by atoms with Crippen molar-refractivity contribution in [3.63, 3.8) is 0 Å². The summed E-state index contributed by atoms with van der Waals surface area (Å²) < 4.78 is 0. The van der Waals surface area contributed by atoms with Gasteiger partial charge in [-0.1, -0.05) is 35.8 Å². The lowest BCUT2D eigenvalue weighted by Crippen LogP contribution is -2.05.